The summed E-state index contributed by atoms with van der Waals surface area (Å²) >= 11 is 11.9. The fourth-order valence-corrected chi connectivity index (χ4v) is 2.57. The smallest absolute Gasteiger partial charge is 0.326 e. The van der Waals surface area contributed by atoms with Crippen molar-refractivity contribution >= 4 is 41.2 Å². The number of carboxylic acids is 1. The lowest BCUT2D eigenvalue weighted by Crippen LogP contribution is -2.39. The lowest BCUT2D eigenvalue weighted by molar-refractivity contribution is -0.146. The van der Waals surface area contributed by atoms with Crippen LogP contribution in [0.5, 0.6) is 0 Å². The number of rotatable bonds is 3. The van der Waals surface area contributed by atoms with E-state index in [0.29, 0.717) is 15.6 Å². The summed E-state index contributed by atoms with van der Waals surface area (Å²) in [7, 11) is 0. The summed E-state index contributed by atoms with van der Waals surface area (Å²) in [6.07, 6.45) is 1.91. The Morgan fingerprint density at radius 2 is 2.05 bits per heavy atom. The van der Waals surface area contributed by atoms with Gasteiger partial charge in [-0.3, -0.25) is 4.79 Å². The highest BCUT2D eigenvalue weighted by Gasteiger charge is 2.37. The van der Waals surface area contributed by atoms with Gasteiger partial charge in [0.1, 0.15) is 6.04 Å². The molecule has 0 spiro atoms. The topological polar surface area (TPSA) is 77.8 Å². The number of aliphatic hydroxyl groups excluding tert-OH is 1. The summed E-state index contributed by atoms with van der Waals surface area (Å²) in [6, 6.07) is 4.00. The highest BCUT2D eigenvalue weighted by molar-refractivity contribution is 6.42. The van der Waals surface area contributed by atoms with Gasteiger partial charge in [-0.25, -0.2) is 4.79 Å². The predicted octanol–water partition coefficient (Wildman–Crippen LogP) is 2.05. The van der Waals surface area contributed by atoms with Gasteiger partial charge in [0, 0.05) is 19.0 Å². The van der Waals surface area contributed by atoms with Crippen molar-refractivity contribution in [1.29, 1.82) is 0 Å². The van der Waals surface area contributed by atoms with E-state index in [9.17, 15) is 14.7 Å². The van der Waals surface area contributed by atoms with Crippen LogP contribution in [0.4, 0.5) is 0 Å². The number of halogens is 2. The minimum atomic E-state index is -1.13. The monoisotopic (exact) mass is 329 g/mol. The zero-order chi connectivity index (χ0) is 15.6. The van der Waals surface area contributed by atoms with Crippen LogP contribution < -0.4 is 0 Å². The molecule has 2 rings (SSSR count). The van der Waals surface area contributed by atoms with Crippen molar-refractivity contribution in [3.8, 4) is 0 Å². The first kappa shape index (κ1) is 15.8. The Kier molecular flexibility index (Phi) is 4.88. The molecule has 1 heterocycles. The number of likely N-dealkylation sites (tertiary alicyclic amines) is 1. The SMILES string of the molecule is O=C(O)[C@H]1C[C@@H](O)CN1C(=O)C=Cc1cccc(Cl)c1Cl. The molecule has 0 aliphatic carbocycles. The van der Waals surface area contributed by atoms with Gasteiger partial charge in [0.15, 0.2) is 0 Å². The third kappa shape index (κ3) is 3.56. The molecule has 1 fully saturated rings. The molecule has 1 aliphatic rings. The van der Waals surface area contributed by atoms with Gasteiger partial charge in [-0.2, -0.15) is 0 Å². The number of carbonyl (C=O) groups is 2. The van der Waals surface area contributed by atoms with Gasteiger partial charge in [-0.15, -0.1) is 0 Å². The first-order valence-corrected chi connectivity index (χ1v) is 6.99. The molecule has 1 amide bonds. The number of hydrogen-bond acceptors (Lipinski definition) is 3. The van der Waals surface area contributed by atoms with E-state index in [1.54, 1.807) is 18.2 Å². The molecule has 1 aliphatic heterocycles. The highest BCUT2D eigenvalue weighted by Crippen LogP contribution is 2.26. The number of carbonyl (C=O) groups excluding carboxylic acids is 1. The fourth-order valence-electron chi connectivity index (χ4n) is 2.20. The van der Waals surface area contributed by atoms with Gasteiger partial charge < -0.3 is 15.1 Å². The molecular formula is C14H13Cl2NO4. The summed E-state index contributed by atoms with van der Waals surface area (Å²) in [5, 5.41) is 19.2. The molecule has 1 aromatic rings. The van der Waals surface area contributed by atoms with Crippen molar-refractivity contribution in [2.24, 2.45) is 0 Å². The van der Waals surface area contributed by atoms with Crippen LogP contribution in [0.1, 0.15) is 12.0 Å². The molecule has 0 aromatic heterocycles. The molecule has 5 nitrogen and oxygen atoms in total. The Morgan fingerprint density at radius 1 is 1.33 bits per heavy atom. The van der Waals surface area contributed by atoms with Gasteiger partial charge in [0.05, 0.1) is 16.1 Å². The maximum Gasteiger partial charge on any atom is 0.326 e. The Morgan fingerprint density at radius 3 is 2.71 bits per heavy atom. The average Bonchev–Trinajstić information content (AvgIpc) is 2.82. The summed E-state index contributed by atoms with van der Waals surface area (Å²) in [5.74, 6) is -1.62. The number of nitrogens with zero attached hydrogens (tertiary/aromatic N) is 1. The minimum absolute atomic E-state index is 0.00339. The molecule has 0 saturated carbocycles. The fraction of sp³-hybridized carbons (Fsp3) is 0.286. The standard InChI is InChI=1S/C14H13Cl2NO4/c15-10-3-1-2-8(13(10)16)4-5-12(19)17-7-9(18)6-11(17)14(20)21/h1-5,9,11,18H,6-7H2,(H,20,21)/t9-,11-/m1/s1. The molecule has 0 unspecified atom stereocenters. The number of aliphatic hydroxyl groups is 1. The van der Waals surface area contributed by atoms with Crippen molar-refractivity contribution in [3.05, 3.63) is 39.9 Å². The summed E-state index contributed by atoms with van der Waals surface area (Å²) < 4.78 is 0. The second kappa shape index (κ2) is 6.47. The largest absolute Gasteiger partial charge is 0.480 e. The van der Waals surface area contributed by atoms with Gasteiger partial charge in [0.2, 0.25) is 5.91 Å². The Labute approximate surface area is 131 Å². The Bertz CT molecular complexity index is 603. The Balaban J connectivity index is 2.15. The maximum atomic E-state index is 12.1. The van der Waals surface area contributed by atoms with Gasteiger partial charge in [-0.05, 0) is 17.7 Å². The van der Waals surface area contributed by atoms with Crippen LogP contribution in [0.2, 0.25) is 10.0 Å². The Hall–Kier alpha value is -1.56. The van der Waals surface area contributed by atoms with E-state index >= 15 is 0 Å². The van der Waals surface area contributed by atoms with E-state index in [2.05, 4.69) is 0 Å². The summed E-state index contributed by atoms with van der Waals surface area (Å²) in [4.78, 5) is 24.3. The molecule has 112 valence electrons. The van der Waals surface area contributed by atoms with E-state index in [-0.39, 0.29) is 13.0 Å². The molecule has 7 heteroatoms. The molecule has 0 bridgehead atoms. The number of amides is 1. The van der Waals surface area contributed by atoms with Crippen LogP contribution in [-0.2, 0) is 9.59 Å². The maximum absolute atomic E-state index is 12.1. The number of hydrogen-bond donors (Lipinski definition) is 2. The number of β-amino-alcohol motifs (C(OH)–C–C–N with tert-alkyl or cyclic N) is 1. The first-order valence-electron chi connectivity index (χ1n) is 6.23. The van der Waals surface area contributed by atoms with Crippen LogP contribution in [0.3, 0.4) is 0 Å². The van der Waals surface area contributed by atoms with Gasteiger partial charge in [-0.1, -0.05) is 35.3 Å². The van der Waals surface area contributed by atoms with E-state index in [0.717, 1.165) is 4.90 Å². The second-order valence-corrected chi connectivity index (χ2v) is 5.50. The van der Waals surface area contributed by atoms with E-state index in [1.807, 2.05) is 0 Å². The molecule has 1 saturated heterocycles. The third-order valence-electron chi connectivity index (χ3n) is 3.23. The number of aliphatic carboxylic acids is 1. The van der Waals surface area contributed by atoms with Crippen LogP contribution in [0.25, 0.3) is 6.08 Å². The highest BCUT2D eigenvalue weighted by atomic mass is 35.5. The predicted molar refractivity (Wildman–Crippen MR) is 79.3 cm³/mol. The van der Waals surface area contributed by atoms with Crippen LogP contribution in [-0.4, -0.2) is 45.7 Å². The molecule has 1 aromatic carbocycles. The van der Waals surface area contributed by atoms with Crippen molar-refractivity contribution in [2.45, 2.75) is 18.6 Å². The van der Waals surface area contributed by atoms with Crippen LogP contribution in [0, 0.1) is 0 Å². The second-order valence-electron chi connectivity index (χ2n) is 4.71. The average molecular weight is 330 g/mol. The lowest BCUT2D eigenvalue weighted by atomic mass is 10.2. The van der Waals surface area contributed by atoms with E-state index < -0.39 is 24.0 Å². The van der Waals surface area contributed by atoms with Crippen molar-refractivity contribution in [3.63, 3.8) is 0 Å². The lowest BCUT2D eigenvalue weighted by Gasteiger charge is -2.19. The molecule has 21 heavy (non-hydrogen) atoms. The summed E-state index contributed by atoms with van der Waals surface area (Å²) in [5.41, 5.74) is 0.559. The summed E-state index contributed by atoms with van der Waals surface area (Å²) in [6.45, 7) is 0.00339. The number of carboxylic acid groups (broad SMARTS) is 1. The van der Waals surface area contributed by atoms with E-state index in [1.165, 1.54) is 12.2 Å². The zero-order valence-corrected chi connectivity index (χ0v) is 12.4. The normalized spacial score (nSPS) is 22.0. The van der Waals surface area contributed by atoms with Crippen molar-refractivity contribution < 1.29 is 19.8 Å². The van der Waals surface area contributed by atoms with Gasteiger partial charge in [0.25, 0.3) is 0 Å². The molecule has 2 atom stereocenters. The van der Waals surface area contributed by atoms with Crippen molar-refractivity contribution in [1.82, 2.24) is 4.90 Å². The zero-order valence-electron chi connectivity index (χ0n) is 10.9. The molecule has 2 N–H and O–H groups in total. The molecule has 0 radical (unpaired) electrons. The first-order chi connectivity index (χ1) is 9.90. The van der Waals surface area contributed by atoms with E-state index in [4.69, 9.17) is 28.3 Å². The number of benzene rings is 1. The molecular weight excluding hydrogens is 317 g/mol. The van der Waals surface area contributed by atoms with Crippen molar-refractivity contribution in [2.75, 3.05) is 6.54 Å². The third-order valence-corrected chi connectivity index (χ3v) is 4.07. The van der Waals surface area contributed by atoms with Crippen LogP contribution in [0.15, 0.2) is 24.3 Å². The van der Waals surface area contributed by atoms with Gasteiger partial charge >= 0.3 is 5.97 Å². The van der Waals surface area contributed by atoms with Crippen LogP contribution >= 0.6 is 23.2 Å². The minimum Gasteiger partial charge on any atom is -0.480 e. The quantitative estimate of drug-likeness (QED) is 0.832.